The maximum Gasteiger partial charge on any atom is 0.416 e. The Morgan fingerprint density at radius 2 is 0.894 bits per heavy atom. The highest BCUT2D eigenvalue weighted by molar-refractivity contribution is 9.09. The molecule has 6 aliphatic rings. The van der Waals surface area contributed by atoms with E-state index < -0.39 is 106 Å². The summed E-state index contributed by atoms with van der Waals surface area (Å²) >= 11 is 3.31. The van der Waals surface area contributed by atoms with Crippen LogP contribution in [0.4, 0.5) is 47.0 Å². The highest BCUT2D eigenvalue weighted by Gasteiger charge is 2.47. The Morgan fingerprint density at radius 1 is 0.478 bits per heavy atom. The summed E-state index contributed by atoms with van der Waals surface area (Å²) in [5.74, 6) is -5.89. The Kier molecular flexibility index (Phi) is 25.9. The van der Waals surface area contributed by atoms with Crippen molar-refractivity contribution in [3.05, 3.63) is 177 Å². The average Bonchev–Trinajstić information content (AvgIpc) is 1.63. The van der Waals surface area contributed by atoms with Crippen molar-refractivity contribution in [1.29, 1.82) is 0 Å². The van der Waals surface area contributed by atoms with Crippen molar-refractivity contribution in [2.75, 3.05) is 75.4 Å². The topological polar surface area (TPSA) is 327 Å². The lowest BCUT2D eigenvalue weighted by molar-refractivity contribution is -0.138. The number of halogens is 9. The lowest BCUT2D eigenvalue weighted by atomic mass is 9.86. The van der Waals surface area contributed by atoms with Crippen molar-refractivity contribution in [2.45, 2.75) is 114 Å². The molecule has 2 aliphatic carbocycles. The summed E-state index contributed by atoms with van der Waals surface area (Å²) in [6, 6.07) is 22.8. The van der Waals surface area contributed by atoms with Gasteiger partial charge in [0.15, 0.2) is 0 Å². The van der Waals surface area contributed by atoms with E-state index in [-0.39, 0.29) is 108 Å². The summed E-state index contributed by atoms with van der Waals surface area (Å²) in [6.07, 6.45) is -2.51. The lowest BCUT2D eigenvalue weighted by Crippen LogP contribution is -2.54. The van der Waals surface area contributed by atoms with Gasteiger partial charge >= 0.3 is 12.4 Å². The van der Waals surface area contributed by atoms with Crippen molar-refractivity contribution >= 4 is 109 Å². The van der Waals surface area contributed by atoms with E-state index in [1.54, 1.807) is 18.2 Å². The number of carbonyl (C=O) groups excluding carboxylic acids is 10. The highest BCUT2D eigenvalue weighted by atomic mass is 79.9. The molecule has 2 atom stereocenters. The van der Waals surface area contributed by atoms with Gasteiger partial charge in [0.2, 0.25) is 35.5 Å². The normalized spacial score (nSPS) is 19.8. The number of piperidine rings is 2. The molecule has 2 unspecified atom stereocenters. The number of phenolic OH excluding ortho intramolecular Hbond substituents is 1. The number of aromatic hydroxyl groups is 1. The van der Waals surface area contributed by atoms with Crippen LogP contribution in [0.3, 0.4) is 0 Å². The number of nitrogens with zero attached hydrogens (tertiary/aromatic N) is 6. The minimum Gasteiger partial charge on any atom is -0.508 e. The molecular weight excluding hydrogens is 1560 g/mol. The van der Waals surface area contributed by atoms with Gasteiger partial charge in [-0.15, -0.1) is 0 Å². The number of benzene rings is 6. The quantitative estimate of drug-likeness (QED) is 0.0162. The number of amides is 10. The number of hydrogen-bond acceptors (Lipinski definition) is 18. The second kappa shape index (κ2) is 35.9. The van der Waals surface area contributed by atoms with Crippen molar-refractivity contribution in [3.8, 4) is 11.5 Å². The monoisotopic (exact) mass is 1640 g/mol. The molecule has 6 heterocycles. The summed E-state index contributed by atoms with van der Waals surface area (Å²) in [7, 11) is 0. The van der Waals surface area contributed by atoms with Crippen molar-refractivity contribution in [3.63, 3.8) is 0 Å². The molecule has 8 aromatic rings. The Balaban J connectivity index is 0.000000177. The number of imide groups is 4. The first-order valence-electron chi connectivity index (χ1n) is 36.3. The minimum atomic E-state index is -4.61. The number of carbonyl (C=O) groups is 10. The molecule has 113 heavy (non-hydrogen) atoms. The van der Waals surface area contributed by atoms with Crippen LogP contribution in [-0.2, 0) is 50.5 Å². The van der Waals surface area contributed by atoms with Gasteiger partial charge in [-0.05, 0) is 173 Å². The van der Waals surface area contributed by atoms with Crippen molar-refractivity contribution in [2.24, 2.45) is 11.8 Å². The number of rotatable bonds is 24. The van der Waals surface area contributed by atoms with Crippen molar-refractivity contribution < 1.29 is 112 Å². The smallest absolute Gasteiger partial charge is 0.416 e. The SMILES string of the molecule is O=C(Nc1nc2cc(F)ccc2n1C1CCC(COCCOCCBr)CC1)c1cccc(C(F)(F)F)c1.O=C1CCC(N2C(=O)c3ccc(O)cc3C2=O)C(=O)N1.O=C1CCC(N2C(=O)c3ccc(OCCOCCOCC4CCC(n5c(NC(=O)c6cccc(C(F)(F)F)c6)nc6cc(F)ccc65)CC4)cc3C2=O)C(=O)N1. The molecule has 35 heteroatoms. The van der Waals surface area contributed by atoms with E-state index in [2.05, 4.69) is 47.2 Å². The summed E-state index contributed by atoms with van der Waals surface area (Å²) in [5.41, 5.74) is 0.263. The number of nitrogens with one attached hydrogen (secondary N) is 4. The molecule has 4 aliphatic heterocycles. The first-order valence-corrected chi connectivity index (χ1v) is 37.5. The molecule has 14 rings (SSSR count). The number of anilines is 2. The van der Waals surface area contributed by atoms with Gasteiger partial charge in [-0.25, -0.2) is 18.7 Å². The molecule has 2 aromatic heterocycles. The van der Waals surface area contributed by atoms with E-state index in [4.69, 9.17) is 23.7 Å². The Hall–Kier alpha value is -10.9. The molecule has 26 nitrogen and oxygen atoms in total. The second-order valence-corrected chi connectivity index (χ2v) is 28.3. The van der Waals surface area contributed by atoms with E-state index in [1.807, 2.05) is 9.13 Å². The van der Waals surface area contributed by atoms with E-state index >= 15 is 0 Å². The fourth-order valence-corrected chi connectivity index (χ4v) is 14.7. The van der Waals surface area contributed by atoms with Crippen LogP contribution < -0.4 is 26.0 Å². The van der Waals surface area contributed by atoms with Crippen LogP contribution in [0.2, 0.25) is 0 Å². The first kappa shape index (κ1) is 81.6. The fraction of sp³-hybridized carbons (Fsp3) is 0.385. The zero-order valence-corrected chi connectivity index (χ0v) is 61.8. The molecular formula is C78H75BrF8N10O16. The Bertz CT molecular complexity index is 4960. The van der Waals surface area contributed by atoms with E-state index in [0.717, 1.165) is 84.0 Å². The third-order valence-electron chi connectivity index (χ3n) is 20.0. The molecule has 5 N–H and O–H groups in total. The number of alkyl halides is 7. The van der Waals surface area contributed by atoms with Gasteiger partial charge in [0, 0.05) is 66.7 Å². The minimum absolute atomic E-state index is 0.00853. The number of ether oxygens (including phenoxy) is 5. The molecule has 596 valence electrons. The van der Waals surface area contributed by atoms with E-state index in [0.29, 0.717) is 92.8 Å². The van der Waals surface area contributed by atoms with Crippen LogP contribution >= 0.6 is 15.9 Å². The summed E-state index contributed by atoms with van der Waals surface area (Å²) < 4.78 is 139. The van der Waals surface area contributed by atoms with Gasteiger partial charge in [0.1, 0.15) is 41.8 Å². The maximum atomic E-state index is 14.1. The molecule has 0 radical (unpaired) electrons. The number of phenols is 1. The largest absolute Gasteiger partial charge is 0.508 e. The Morgan fingerprint density at radius 3 is 1.34 bits per heavy atom. The lowest BCUT2D eigenvalue weighted by Gasteiger charge is -2.30. The van der Waals surface area contributed by atoms with Gasteiger partial charge in [0.05, 0.1) is 95.1 Å². The van der Waals surface area contributed by atoms with Gasteiger partial charge in [-0.1, -0.05) is 28.1 Å². The summed E-state index contributed by atoms with van der Waals surface area (Å²) in [5, 5.41) is 19.8. The molecule has 0 bridgehead atoms. The summed E-state index contributed by atoms with van der Waals surface area (Å²) in [6.45, 7) is 3.92. The number of aromatic nitrogens is 4. The third-order valence-corrected chi connectivity index (χ3v) is 20.3. The molecule has 10 amide bonds. The molecule has 6 aromatic carbocycles. The van der Waals surface area contributed by atoms with E-state index in [1.165, 1.54) is 72.8 Å². The van der Waals surface area contributed by atoms with Gasteiger partial charge in [-0.2, -0.15) is 26.3 Å². The number of hydrogen-bond donors (Lipinski definition) is 5. The van der Waals surface area contributed by atoms with Crippen LogP contribution in [0.5, 0.6) is 11.5 Å². The second-order valence-electron chi connectivity index (χ2n) is 27.5. The maximum absolute atomic E-state index is 14.1. The Labute approximate surface area is 647 Å². The number of fused-ring (bicyclic) bond motifs is 4. The average molecular weight is 1640 g/mol. The van der Waals surface area contributed by atoms with Crippen LogP contribution in [0.15, 0.2) is 121 Å². The standard InChI is InChI=1S/C39H37F4N5O8.C26H28BrF4N3O3.C13H10N2O5/c40-25-6-11-31-30(19-25)44-38(46-34(50)23-2-1-3-24(18-23)39(41,42)43)47(31)26-7-4-22(5-8-26)21-55-15-14-54-16-17-56-27-9-10-28-29(20-27)37(53)48(36(28)52)32-12-13-33(49)45-35(32)51;27-10-11-36-12-13-37-16-17-4-7-21(8-5-17)34-23-9-6-20(28)15-22(23)32-25(34)33-24(35)18-2-1-3-19(14-18)26(29,30)31;16-6-1-2-7-8(5-6)13(20)15(12(7)19)9-3-4-10(17)14-11(9)18/h1-3,6,9-11,18-20,22,26,32H,4-5,7-8,12-17,21H2,(H,44,46,50)(H,45,49,51);1-3,6,9,14-15,17,21H,4-5,7-8,10-13,16H2,(H,32,33,35);1-2,5,9,16H,3-4H2,(H,14,17,18). The predicted octanol–water partition coefficient (Wildman–Crippen LogP) is 12.1. The third kappa shape index (κ3) is 19.4. The van der Waals surface area contributed by atoms with E-state index in [9.17, 15) is 88.2 Å². The highest BCUT2D eigenvalue weighted by Crippen LogP contribution is 2.41. The van der Waals surface area contributed by atoms with Gasteiger partial charge < -0.3 is 37.9 Å². The predicted molar refractivity (Wildman–Crippen MR) is 391 cm³/mol. The fourth-order valence-electron chi connectivity index (χ4n) is 14.4. The van der Waals surface area contributed by atoms with Gasteiger partial charge in [-0.3, -0.25) is 79.0 Å². The van der Waals surface area contributed by atoms with Crippen molar-refractivity contribution in [1.82, 2.24) is 39.5 Å². The zero-order chi connectivity index (χ0) is 80.4. The van der Waals surface area contributed by atoms with Crippen LogP contribution in [0.25, 0.3) is 22.1 Å². The number of imidazole rings is 2. The van der Waals surface area contributed by atoms with Crippen LogP contribution in [-0.4, -0.2) is 170 Å². The van der Waals surface area contributed by atoms with Crippen LogP contribution in [0.1, 0.15) is 162 Å². The summed E-state index contributed by atoms with van der Waals surface area (Å²) in [4.78, 5) is 134. The first-order chi connectivity index (χ1) is 54.1. The molecule has 4 fully saturated rings. The van der Waals surface area contributed by atoms with Gasteiger partial charge in [0.25, 0.3) is 35.4 Å². The van der Waals surface area contributed by atoms with Crippen LogP contribution in [0, 0.1) is 23.5 Å². The molecule has 2 saturated heterocycles. The molecule has 0 spiro atoms. The zero-order valence-electron chi connectivity index (χ0n) is 60.2. The molecule has 2 saturated carbocycles.